The number of anilines is 1. The maximum Gasteiger partial charge on any atom is 0.226 e. The van der Waals surface area contributed by atoms with Crippen molar-refractivity contribution < 1.29 is 9.26 Å². The first-order valence-electron chi connectivity index (χ1n) is 8.68. The zero-order valence-corrected chi connectivity index (χ0v) is 15.0. The number of ether oxygens (including phenoxy) is 1. The standard InChI is InChI=1S/C19H24N4O2/c1-4-6-17-22-19(23-25-17)15-12-14-8-7-13(2)11-16(14)21-18(15)20-9-5-10-24-3/h7-8,11-12H,4-6,9-10H2,1-3H3,(H,20,21). The molecular weight excluding hydrogens is 316 g/mol. The predicted molar refractivity (Wildman–Crippen MR) is 98.7 cm³/mol. The molecule has 0 bridgehead atoms. The smallest absolute Gasteiger partial charge is 0.226 e. The lowest BCUT2D eigenvalue weighted by Crippen LogP contribution is -2.07. The topological polar surface area (TPSA) is 73.1 Å². The molecule has 2 heterocycles. The van der Waals surface area contributed by atoms with Crippen LogP contribution in [0.15, 0.2) is 28.8 Å². The summed E-state index contributed by atoms with van der Waals surface area (Å²) in [6.07, 6.45) is 2.65. The predicted octanol–water partition coefficient (Wildman–Crippen LogP) is 3.99. The van der Waals surface area contributed by atoms with Gasteiger partial charge < -0.3 is 14.6 Å². The van der Waals surface area contributed by atoms with Crippen molar-refractivity contribution in [3.05, 3.63) is 35.7 Å². The second-order valence-corrected chi connectivity index (χ2v) is 6.12. The highest BCUT2D eigenvalue weighted by Crippen LogP contribution is 2.29. The third kappa shape index (κ3) is 4.14. The van der Waals surface area contributed by atoms with Crippen LogP contribution in [0.2, 0.25) is 0 Å². The molecule has 0 aliphatic carbocycles. The zero-order chi connectivity index (χ0) is 17.6. The van der Waals surface area contributed by atoms with E-state index in [2.05, 4.69) is 53.6 Å². The normalized spacial score (nSPS) is 11.2. The number of fused-ring (bicyclic) bond motifs is 1. The van der Waals surface area contributed by atoms with Gasteiger partial charge in [-0.1, -0.05) is 24.2 Å². The van der Waals surface area contributed by atoms with Gasteiger partial charge in [0.05, 0.1) is 11.1 Å². The number of methoxy groups -OCH3 is 1. The number of aryl methyl sites for hydroxylation is 2. The first kappa shape index (κ1) is 17.4. The Bertz CT molecular complexity index is 845. The van der Waals surface area contributed by atoms with Crippen LogP contribution in [0.4, 0.5) is 5.82 Å². The van der Waals surface area contributed by atoms with Crippen molar-refractivity contribution in [3.8, 4) is 11.4 Å². The van der Waals surface area contributed by atoms with Crippen LogP contribution in [0.5, 0.6) is 0 Å². The van der Waals surface area contributed by atoms with Gasteiger partial charge in [0, 0.05) is 32.1 Å². The number of hydrogen-bond donors (Lipinski definition) is 1. The van der Waals surface area contributed by atoms with Crippen molar-refractivity contribution in [3.63, 3.8) is 0 Å². The van der Waals surface area contributed by atoms with Crippen LogP contribution in [0, 0.1) is 6.92 Å². The van der Waals surface area contributed by atoms with E-state index >= 15 is 0 Å². The third-order valence-corrected chi connectivity index (χ3v) is 3.96. The number of hydrogen-bond acceptors (Lipinski definition) is 6. The fraction of sp³-hybridized carbons (Fsp3) is 0.421. The van der Waals surface area contributed by atoms with Crippen molar-refractivity contribution >= 4 is 16.7 Å². The Kier molecular flexibility index (Phi) is 5.60. The molecule has 0 fully saturated rings. The summed E-state index contributed by atoms with van der Waals surface area (Å²) in [6.45, 7) is 5.63. The van der Waals surface area contributed by atoms with Crippen LogP contribution in [-0.4, -0.2) is 35.4 Å². The SMILES string of the molecule is CCCc1nc(-c2cc3ccc(C)cc3nc2NCCCOC)no1. The zero-order valence-electron chi connectivity index (χ0n) is 15.0. The maximum atomic E-state index is 5.35. The Morgan fingerprint density at radius 1 is 1.20 bits per heavy atom. The van der Waals surface area contributed by atoms with Crippen LogP contribution in [0.25, 0.3) is 22.3 Å². The van der Waals surface area contributed by atoms with Crippen LogP contribution in [-0.2, 0) is 11.2 Å². The fourth-order valence-electron chi connectivity index (χ4n) is 2.69. The largest absolute Gasteiger partial charge is 0.385 e. The van der Waals surface area contributed by atoms with Gasteiger partial charge in [0.15, 0.2) is 0 Å². The number of rotatable bonds is 8. The molecule has 132 valence electrons. The molecule has 0 amide bonds. The average molecular weight is 340 g/mol. The van der Waals surface area contributed by atoms with Crippen molar-refractivity contribution in [2.24, 2.45) is 0 Å². The molecule has 0 aliphatic heterocycles. The van der Waals surface area contributed by atoms with Gasteiger partial charge in [0.1, 0.15) is 5.82 Å². The second kappa shape index (κ2) is 8.07. The first-order valence-corrected chi connectivity index (χ1v) is 8.68. The highest BCUT2D eigenvalue weighted by molar-refractivity contribution is 5.88. The molecule has 0 saturated heterocycles. The molecule has 1 N–H and O–H groups in total. The Hall–Kier alpha value is -2.47. The molecule has 0 aliphatic rings. The van der Waals surface area contributed by atoms with E-state index in [9.17, 15) is 0 Å². The van der Waals surface area contributed by atoms with Crippen molar-refractivity contribution in [1.82, 2.24) is 15.1 Å². The summed E-state index contributed by atoms with van der Waals surface area (Å²) in [5, 5.41) is 8.59. The quantitative estimate of drug-likeness (QED) is 0.625. The minimum absolute atomic E-state index is 0.577. The van der Waals surface area contributed by atoms with Crippen LogP contribution < -0.4 is 5.32 Å². The molecule has 6 heteroatoms. The summed E-state index contributed by atoms with van der Waals surface area (Å²) in [6, 6.07) is 8.31. The summed E-state index contributed by atoms with van der Waals surface area (Å²) in [5.74, 6) is 2.01. The van der Waals surface area contributed by atoms with E-state index < -0.39 is 0 Å². The van der Waals surface area contributed by atoms with Gasteiger partial charge in [-0.05, 0) is 37.5 Å². The van der Waals surface area contributed by atoms with E-state index in [0.717, 1.165) is 48.1 Å². The van der Waals surface area contributed by atoms with E-state index in [1.807, 2.05) is 0 Å². The molecule has 0 atom stereocenters. The van der Waals surface area contributed by atoms with Gasteiger partial charge in [-0.3, -0.25) is 0 Å². The molecule has 2 aromatic heterocycles. The number of nitrogens with one attached hydrogen (secondary N) is 1. The lowest BCUT2D eigenvalue weighted by atomic mass is 10.1. The molecule has 0 saturated carbocycles. The summed E-state index contributed by atoms with van der Waals surface area (Å²) >= 11 is 0. The van der Waals surface area contributed by atoms with Gasteiger partial charge in [-0.15, -0.1) is 0 Å². The summed E-state index contributed by atoms with van der Waals surface area (Å²) in [5.41, 5.74) is 3.00. The van der Waals surface area contributed by atoms with E-state index in [4.69, 9.17) is 14.2 Å². The Balaban J connectivity index is 1.98. The summed E-state index contributed by atoms with van der Waals surface area (Å²) in [7, 11) is 1.71. The van der Waals surface area contributed by atoms with Crippen molar-refractivity contribution in [1.29, 1.82) is 0 Å². The first-order chi connectivity index (χ1) is 12.2. The van der Waals surface area contributed by atoms with Crippen molar-refractivity contribution in [2.75, 3.05) is 25.6 Å². The molecule has 0 spiro atoms. The lowest BCUT2D eigenvalue weighted by Gasteiger charge is -2.11. The maximum absolute atomic E-state index is 5.35. The number of pyridine rings is 1. The molecule has 25 heavy (non-hydrogen) atoms. The summed E-state index contributed by atoms with van der Waals surface area (Å²) < 4.78 is 10.5. The Labute approximate surface area is 147 Å². The monoisotopic (exact) mass is 340 g/mol. The summed E-state index contributed by atoms with van der Waals surface area (Å²) in [4.78, 5) is 9.31. The molecule has 3 rings (SSSR count). The molecule has 3 aromatic rings. The van der Waals surface area contributed by atoms with E-state index in [-0.39, 0.29) is 0 Å². The highest BCUT2D eigenvalue weighted by atomic mass is 16.5. The van der Waals surface area contributed by atoms with E-state index in [0.29, 0.717) is 18.3 Å². The minimum atomic E-state index is 0.577. The average Bonchev–Trinajstić information content (AvgIpc) is 3.07. The van der Waals surface area contributed by atoms with Crippen LogP contribution in [0.1, 0.15) is 31.2 Å². The minimum Gasteiger partial charge on any atom is -0.385 e. The highest BCUT2D eigenvalue weighted by Gasteiger charge is 2.15. The molecule has 0 unspecified atom stereocenters. The van der Waals surface area contributed by atoms with E-state index in [1.54, 1.807) is 7.11 Å². The third-order valence-electron chi connectivity index (χ3n) is 3.96. The number of aromatic nitrogens is 3. The van der Waals surface area contributed by atoms with E-state index in [1.165, 1.54) is 5.56 Å². The Morgan fingerprint density at radius 2 is 2.08 bits per heavy atom. The van der Waals surface area contributed by atoms with Crippen LogP contribution in [0.3, 0.4) is 0 Å². The van der Waals surface area contributed by atoms with Crippen molar-refractivity contribution in [2.45, 2.75) is 33.1 Å². The molecule has 1 aromatic carbocycles. The van der Waals surface area contributed by atoms with Gasteiger partial charge in [0.25, 0.3) is 0 Å². The fourth-order valence-corrected chi connectivity index (χ4v) is 2.69. The Morgan fingerprint density at radius 3 is 2.88 bits per heavy atom. The lowest BCUT2D eigenvalue weighted by molar-refractivity contribution is 0.198. The molecular formula is C19H24N4O2. The number of benzene rings is 1. The van der Waals surface area contributed by atoms with Gasteiger partial charge >= 0.3 is 0 Å². The molecule has 6 nitrogen and oxygen atoms in total. The second-order valence-electron chi connectivity index (χ2n) is 6.12. The molecule has 0 radical (unpaired) electrons. The van der Waals surface area contributed by atoms with Gasteiger partial charge in [0.2, 0.25) is 11.7 Å². The number of nitrogens with zero attached hydrogens (tertiary/aromatic N) is 3. The van der Waals surface area contributed by atoms with Crippen LogP contribution >= 0.6 is 0 Å². The van der Waals surface area contributed by atoms with Gasteiger partial charge in [-0.2, -0.15) is 4.98 Å². The van der Waals surface area contributed by atoms with Gasteiger partial charge in [-0.25, -0.2) is 4.98 Å².